The molecular formula is C13H12F3N3O2. The zero-order chi connectivity index (χ0) is 15.5. The van der Waals surface area contributed by atoms with Crippen molar-refractivity contribution in [1.29, 1.82) is 0 Å². The summed E-state index contributed by atoms with van der Waals surface area (Å²) < 4.78 is 43.3. The number of carbonyl (C=O) groups is 1. The third-order valence-electron chi connectivity index (χ3n) is 2.78. The predicted molar refractivity (Wildman–Crippen MR) is 68.7 cm³/mol. The van der Waals surface area contributed by atoms with Crippen LogP contribution in [0.5, 0.6) is 0 Å². The van der Waals surface area contributed by atoms with Gasteiger partial charge < -0.3 is 15.2 Å². The van der Waals surface area contributed by atoms with Crippen molar-refractivity contribution in [2.24, 2.45) is 0 Å². The number of halogens is 3. The molecule has 1 aromatic carbocycles. The minimum Gasteiger partial charge on any atom is -0.388 e. The summed E-state index contributed by atoms with van der Waals surface area (Å²) in [4.78, 5) is 11.9. The second kappa shape index (κ2) is 5.86. The SMILES string of the molecule is CNc1ccc(C(=O)NCc2ccon2)cc1C(F)(F)F. The van der Waals surface area contributed by atoms with E-state index in [1.165, 1.54) is 25.4 Å². The van der Waals surface area contributed by atoms with Crippen LogP contribution in [-0.2, 0) is 12.7 Å². The Hall–Kier alpha value is -2.51. The summed E-state index contributed by atoms with van der Waals surface area (Å²) >= 11 is 0. The van der Waals surface area contributed by atoms with Crippen LogP contribution in [0.15, 0.2) is 35.1 Å². The fraction of sp³-hybridized carbons (Fsp3) is 0.231. The number of hydrogen-bond donors (Lipinski definition) is 2. The molecule has 2 rings (SSSR count). The van der Waals surface area contributed by atoms with Crippen molar-refractivity contribution < 1.29 is 22.5 Å². The number of alkyl halides is 3. The van der Waals surface area contributed by atoms with Crippen LogP contribution < -0.4 is 10.6 Å². The molecule has 0 unspecified atom stereocenters. The summed E-state index contributed by atoms with van der Waals surface area (Å²) in [5.41, 5.74) is -0.578. The maximum Gasteiger partial charge on any atom is 0.418 e. The highest BCUT2D eigenvalue weighted by Crippen LogP contribution is 2.35. The van der Waals surface area contributed by atoms with E-state index < -0.39 is 17.6 Å². The second-order valence-corrected chi connectivity index (χ2v) is 4.18. The minimum atomic E-state index is -4.54. The van der Waals surface area contributed by atoms with Crippen molar-refractivity contribution in [3.05, 3.63) is 47.3 Å². The minimum absolute atomic E-state index is 0.0739. The van der Waals surface area contributed by atoms with Gasteiger partial charge in [-0.1, -0.05) is 5.16 Å². The molecule has 2 aromatic rings. The number of hydrogen-bond acceptors (Lipinski definition) is 4. The fourth-order valence-corrected chi connectivity index (χ4v) is 1.74. The summed E-state index contributed by atoms with van der Waals surface area (Å²) in [7, 11) is 1.38. The Kier molecular flexibility index (Phi) is 4.15. The lowest BCUT2D eigenvalue weighted by atomic mass is 10.1. The Morgan fingerprint density at radius 3 is 2.67 bits per heavy atom. The lowest BCUT2D eigenvalue weighted by Gasteiger charge is -2.14. The number of anilines is 1. The van der Waals surface area contributed by atoms with Gasteiger partial charge in [0.05, 0.1) is 12.1 Å². The van der Waals surface area contributed by atoms with Crippen LogP contribution in [0.2, 0.25) is 0 Å². The van der Waals surface area contributed by atoms with E-state index in [1.54, 1.807) is 6.07 Å². The number of amides is 1. The molecule has 1 heterocycles. The quantitative estimate of drug-likeness (QED) is 0.911. The van der Waals surface area contributed by atoms with Gasteiger partial charge in [-0.2, -0.15) is 13.2 Å². The van der Waals surface area contributed by atoms with Gasteiger partial charge in [0.1, 0.15) is 12.0 Å². The molecule has 112 valence electrons. The van der Waals surface area contributed by atoms with Gasteiger partial charge in [0, 0.05) is 24.4 Å². The maximum atomic E-state index is 12.9. The van der Waals surface area contributed by atoms with Gasteiger partial charge in [0.15, 0.2) is 0 Å². The van der Waals surface area contributed by atoms with Crippen LogP contribution in [0.3, 0.4) is 0 Å². The van der Waals surface area contributed by atoms with Gasteiger partial charge in [-0.05, 0) is 18.2 Å². The van der Waals surface area contributed by atoms with Gasteiger partial charge in [0.25, 0.3) is 5.91 Å². The first-order chi connectivity index (χ1) is 9.91. The number of benzene rings is 1. The summed E-state index contributed by atoms with van der Waals surface area (Å²) in [6.45, 7) is 0.0739. The molecule has 0 spiro atoms. The molecule has 0 saturated heterocycles. The van der Waals surface area contributed by atoms with E-state index in [9.17, 15) is 18.0 Å². The molecular weight excluding hydrogens is 287 g/mol. The van der Waals surface area contributed by atoms with Gasteiger partial charge in [-0.3, -0.25) is 4.79 Å². The number of nitrogens with zero attached hydrogens (tertiary/aromatic N) is 1. The first kappa shape index (κ1) is 14.9. The monoisotopic (exact) mass is 299 g/mol. The normalized spacial score (nSPS) is 11.2. The molecule has 0 radical (unpaired) electrons. The van der Waals surface area contributed by atoms with E-state index in [4.69, 9.17) is 0 Å². The van der Waals surface area contributed by atoms with E-state index in [2.05, 4.69) is 20.3 Å². The molecule has 0 aliphatic carbocycles. The molecule has 2 N–H and O–H groups in total. The van der Waals surface area contributed by atoms with Crippen molar-refractivity contribution >= 4 is 11.6 Å². The van der Waals surface area contributed by atoms with Gasteiger partial charge in [-0.25, -0.2) is 0 Å². The molecule has 8 heteroatoms. The molecule has 1 amide bonds. The average molecular weight is 299 g/mol. The topological polar surface area (TPSA) is 67.2 Å². The molecule has 0 saturated carbocycles. The third-order valence-corrected chi connectivity index (χ3v) is 2.78. The molecule has 0 aliphatic rings. The number of nitrogens with one attached hydrogen (secondary N) is 2. The Morgan fingerprint density at radius 1 is 1.33 bits per heavy atom. The second-order valence-electron chi connectivity index (χ2n) is 4.18. The smallest absolute Gasteiger partial charge is 0.388 e. The van der Waals surface area contributed by atoms with Gasteiger partial charge >= 0.3 is 6.18 Å². The van der Waals surface area contributed by atoms with Crippen molar-refractivity contribution in [2.45, 2.75) is 12.7 Å². The maximum absolute atomic E-state index is 12.9. The van der Waals surface area contributed by atoms with Crippen LogP contribution in [0, 0.1) is 0 Å². The molecule has 21 heavy (non-hydrogen) atoms. The van der Waals surface area contributed by atoms with Crippen LogP contribution in [0.1, 0.15) is 21.6 Å². The lowest BCUT2D eigenvalue weighted by molar-refractivity contribution is -0.136. The average Bonchev–Trinajstić information content (AvgIpc) is 2.96. The Labute approximate surface area is 118 Å². The third kappa shape index (κ3) is 3.53. The Balaban J connectivity index is 2.17. The van der Waals surface area contributed by atoms with Crippen LogP contribution in [0.25, 0.3) is 0 Å². The molecule has 1 aromatic heterocycles. The van der Waals surface area contributed by atoms with Crippen molar-refractivity contribution in [2.75, 3.05) is 12.4 Å². The van der Waals surface area contributed by atoms with Gasteiger partial charge in [0.2, 0.25) is 0 Å². The number of rotatable bonds is 4. The molecule has 0 fully saturated rings. The number of carbonyl (C=O) groups excluding carboxylic acids is 1. The molecule has 0 atom stereocenters. The highest BCUT2D eigenvalue weighted by atomic mass is 19.4. The number of aromatic nitrogens is 1. The van der Waals surface area contributed by atoms with E-state index in [-0.39, 0.29) is 17.8 Å². The van der Waals surface area contributed by atoms with E-state index in [0.717, 1.165) is 6.07 Å². The molecule has 0 aliphatic heterocycles. The lowest BCUT2D eigenvalue weighted by Crippen LogP contribution is -2.23. The summed E-state index contributed by atoms with van der Waals surface area (Å²) in [6.07, 6.45) is -3.20. The first-order valence-electron chi connectivity index (χ1n) is 5.98. The van der Waals surface area contributed by atoms with Crippen molar-refractivity contribution in [3.63, 3.8) is 0 Å². The van der Waals surface area contributed by atoms with E-state index in [1.807, 2.05) is 0 Å². The van der Waals surface area contributed by atoms with Crippen molar-refractivity contribution in [3.8, 4) is 0 Å². The highest BCUT2D eigenvalue weighted by Gasteiger charge is 2.34. The standard InChI is InChI=1S/C13H12F3N3O2/c1-17-11-3-2-8(6-10(11)13(14,15)16)12(20)18-7-9-4-5-21-19-9/h2-6,17H,7H2,1H3,(H,18,20). The van der Waals surface area contributed by atoms with E-state index in [0.29, 0.717) is 5.69 Å². The Morgan fingerprint density at radius 2 is 2.10 bits per heavy atom. The fourth-order valence-electron chi connectivity index (χ4n) is 1.74. The highest BCUT2D eigenvalue weighted by molar-refractivity contribution is 5.94. The van der Waals surface area contributed by atoms with Crippen LogP contribution in [0.4, 0.5) is 18.9 Å². The van der Waals surface area contributed by atoms with Gasteiger partial charge in [-0.15, -0.1) is 0 Å². The summed E-state index contributed by atoms with van der Waals surface area (Å²) in [5.74, 6) is -0.619. The summed E-state index contributed by atoms with van der Waals surface area (Å²) in [6, 6.07) is 4.89. The van der Waals surface area contributed by atoms with Crippen LogP contribution in [-0.4, -0.2) is 18.1 Å². The zero-order valence-electron chi connectivity index (χ0n) is 11.0. The first-order valence-corrected chi connectivity index (χ1v) is 5.98. The van der Waals surface area contributed by atoms with E-state index >= 15 is 0 Å². The Bertz CT molecular complexity index is 624. The molecule has 0 bridgehead atoms. The zero-order valence-corrected chi connectivity index (χ0v) is 11.0. The molecule has 5 nitrogen and oxygen atoms in total. The van der Waals surface area contributed by atoms with Crippen LogP contribution >= 0.6 is 0 Å². The summed E-state index contributed by atoms with van der Waals surface area (Å²) in [5, 5.41) is 8.50. The largest absolute Gasteiger partial charge is 0.418 e. The van der Waals surface area contributed by atoms with Crippen molar-refractivity contribution in [1.82, 2.24) is 10.5 Å². The predicted octanol–water partition coefficient (Wildman–Crippen LogP) is 2.67.